The van der Waals surface area contributed by atoms with Crippen LogP contribution in [-0.4, -0.2) is 39.1 Å². The smallest absolute Gasteiger partial charge is 0.363 e. The van der Waals surface area contributed by atoms with E-state index in [-0.39, 0.29) is 11.5 Å². The fraction of sp³-hybridized carbons (Fsp3) is 0.688. The van der Waals surface area contributed by atoms with Crippen LogP contribution >= 0.6 is 0 Å². The molecule has 0 bridgehead atoms. The Morgan fingerprint density at radius 1 is 1.21 bits per heavy atom. The number of ether oxygens (including phenoxy) is 1. The summed E-state index contributed by atoms with van der Waals surface area (Å²) in [6.45, 7) is 2.60. The quantitative estimate of drug-likeness (QED) is 0.841. The third-order valence-electron chi connectivity index (χ3n) is 4.92. The van der Waals surface area contributed by atoms with Gasteiger partial charge in [-0.25, -0.2) is 14.8 Å². The summed E-state index contributed by atoms with van der Waals surface area (Å²) >= 11 is 0. The first-order valence-electron chi connectivity index (χ1n) is 8.67. The number of hydrogen-bond acceptors (Lipinski definition) is 6. The lowest BCUT2D eigenvalue weighted by molar-refractivity contribution is 0.0600. The number of fused-ring (bicyclic) bond motifs is 1. The SMILES string of the molecule is Nc1ncnc2c1n(OCCC1CC1)c(=O)n2CC1CCOCC1. The highest BCUT2D eigenvalue weighted by atomic mass is 16.7. The van der Waals surface area contributed by atoms with E-state index < -0.39 is 0 Å². The molecule has 1 saturated heterocycles. The highest BCUT2D eigenvalue weighted by Gasteiger charge is 2.24. The van der Waals surface area contributed by atoms with Gasteiger partial charge in [0.05, 0.1) is 0 Å². The van der Waals surface area contributed by atoms with Gasteiger partial charge in [0.25, 0.3) is 0 Å². The van der Waals surface area contributed by atoms with E-state index in [4.69, 9.17) is 15.3 Å². The molecule has 2 aliphatic rings. The summed E-state index contributed by atoms with van der Waals surface area (Å²) in [5, 5.41) is 0. The van der Waals surface area contributed by atoms with Gasteiger partial charge in [-0.2, -0.15) is 0 Å². The number of nitrogens with two attached hydrogens (primary N) is 1. The molecule has 0 amide bonds. The zero-order valence-electron chi connectivity index (χ0n) is 13.7. The number of rotatable bonds is 6. The number of nitrogen functional groups attached to an aromatic ring is 1. The number of anilines is 1. The summed E-state index contributed by atoms with van der Waals surface area (Å²) in [4.78, 5) is 26.9. The van der Waals surface area contributed by atoms with Crippen molar-refractivity contribution in [1.29, 1.82) is 0 Å². The first kappa shape index (κ1) is 15.4. The van der Waals surface area contributed by atoms with Gasteiger partial charge in [0.2, 0.25) is 0 Å². The van der Waals surface area contributed by atoms with Crippen molar-refractivity contribution in [3.63, 3.8) is 0 Å². The Balaban J connectivity index is 1.65. The molecule has 0 unspecified atom stereocenters. The van der Waals surface area contributed by atoms with Crippen molar-refractivity contribution in [3.05, 3.63) is 16.8 Å². The van der Waals surface area contributed by atoms with Crippen LogP contribution in [0.1, 0.15) is 32.1 Å². The average molecular weight is 333 g/mol. The Morgan fingerprint density at radius 3 is 2.75 bits per heavy atom. The molecule has 0 spiro atoms. The van der Waals surface area contributed by atoms with E-state index in [0.29, 0.717) is 30.2 Å². The maximum absolute atomic E-state index is 12.9. The van der Waals surface area contributed by atoms with Crippen LogP contribution in [0.2, 0.25) is 0 Å². The lowest BCUT2D eigenvalue weighted by atomic mass is 10.0. The van der Waals surface area contributed by atoms with Crippen molar-refractivity contribution in [3.8, 4) is 0 Å². The minimum atomic E-state index is -0.223. The molecule has 0 aromatic carbocycles. The molecule has 1 aliphatic heterocycles. The normalized spacial score (nSPS) is 19.0. The van der Waals surface area contributed by atoms with Gasteiger partial charge in [-0.3, -0.25) is 4.57 Å². The highest BCUT2D eigenvalue weighted by Crippen LogP contribution is 2.31. The molecular formula is C16H23N5O3. The molecule has 8 nitrogen and oxygen atoms in total. The second-order valence-electron chi connectivity index (χ2n) is 6.74. The molecule has 2 N–H and O–H groups in total. The molecule has 1 saturated carbocycles. The van der Waals surface area contributed by atoms with Crippen LogP contribution in [0.25, 0.3) is 11.2 Å². The van der Waals surface area contributed by atoms with Gasteiger partial charge < -0.3 is 15.3 Å². The van der Waals surface area contributed by atoms with Crippen molar-refractivity contribution in [2.24, 2.45) is 11.8 Å². The van der Waals surface area contributed by atoms with Gasteiger partial charge >= 0.3 is 5.69 Å². The van der Waals surface area contributed by atoms with Crippen molar-refractivity contribution in [2.75, 3.05) is 25.6 Å². The number of nitrogens with zero attached hydrogens (tertiary/aromatic N) is 4. The molecule has 0 atom stereocenters. The summed E-state index contributed by atoms with van der Waals surface area (Å²) in [6, 6.07) is 0. The molecule has 8 heteroatoms. The van der Waals surface area contributed by atoms with Gasteiger partial charge in [-0.1, -0.05) is 12.8 Å². The van der Waals surface area contributed by atoms with E-state index in [0.717, 1.165) is 38.4 Å². The minimum absolute atomic E-state index is 0.223. The van der Waals surface area contributed by atoms with Crippen LogP contribution in [-0.2, 0) is 11.3 Å². The zero-order chi connectivity index (χ0) is 16.5. The van der Waals surface area contributed by atoms with Crippen LogP contribution in [0.5, 0.6) is 0 Å². The maximum Gasteiger partial charge on any atom is 0.363 e. The Labute approximate surface area is 139 Å². The van der Waals surface area contributed by atoms with Crippen LogP contribution < -0.4 is 16.3 Å². The molecule has 2 fully saturated rings. The number of imidazole rings is 1. The van der Waals surface area contributed by atoms with Gasteiger partial charge in [-0.05, 0) is 31.1 Å². The summed E-state index contributed by atoms with van der Waals surface area (Å²) in [6.07, 6.45) is 6.77. The minimum Gasteiger partial charge on any atom is -0.409 e. The largest absolute Gasteiger partial charge is 0.409 e. The van der Waals surface area contributed by atoms with Gasteiger partial charge in [0.15, 0.2) is 17.0 Å². The molecule has 4 rings (SSSR count). The molecule has 2 aromatic heterocycles. The van der Waals surface area contributed by atoms with E-state index >= 15 is 0 Å². The van der Waals surface area contributed by atoms with Crippen LogP contribution in [0.15, 0.2) is 11.1 Å². The fourth-order valence-corrected chi connectivity index (χ4v) is 3.26. The monoisotopic (exact) mass is 333 g/mol. The Hall–Kier alpha value is -2.09. The van der Waals surface area contributed by atoms with E-state index in [2.05, 4.69) is 9.97 Å². The van der Waals surface area contributed by atoms with Crippen LogP contribution in [0.4, 0.5) is 5.82 Å². The molecule has 3 heterocycles. The Morgan fingerprint density at radius 2 is 2.00 bits per heavy atom. The number of hydrogen-bond donors (Lipinski definition) is 1. The lowest BCUT2D eigenvalue weighted by Gasteiger charge is -2.21. The molecule has 1 aliphatic carbocycles. The summed E-state index contributed by atoms with van der Waals surface area (Å²) in [5.41, 5.74) is 6.79. The van der Waals surface area contributed by atoms with E-state index in [1.54, 1.807) is 4.57 Å². The Bertz CT molecular complexity index is 774. The van der Waals surface area contributed by atoms with E-state index in [1.165, 1.54) is 23.9 Å². The van der Waals surface area contributed by atoms with Crippen molar-refractivity contribution >= 4 is 17.0 Å². The first-order valence-corrected chi connectivity index (χ1v) is 8.67. The molecular weight excluding hydrogens is 310 g/mol. The highest BCUT2D eigenvalue weighted by molar-refractivity contribution is 5.81. The summed E-state index contributed by atoms with van der Waals surface area (Å²) in [7, 11) is 0. The molecule has 0 radical (unpaired) electrons. The predicted octanol–water partition coefficient (Wildman–Crippen LogP) is 0.830. The third-order valence-corrected chi connectivity index (χ3v) is 4.92. The third kappa shape index (κ3) is 2.98. The van der Waals surface area contributed by atoms with Crippen LogP contribution in [0, 0.1) is 11.8 Å². The lowest BCUT2D eigenvalue weighted by Crippen LogP contribution is -2.32. The topological polar surface area (TPSA) is 97.2 Å². The molecule has 2 aromatic rings. The average Bonchev–Trinajstić information content (AvgIpc) is 3.38. The molecule has 130 valence electrons. The van der Waals surface area contributed by atoms with E-state index in [1.807, 2.05) is 0 Å². The Kier molecular flexibility index (Phi) is 4.13. The van der Waals surface area contributed by atoms with Gasteiger partial charge in [0, 0.05) is 19.8 Å². The maximum atomic E-state index is 12.9. The standard InChI is InChI=1S/C16H23N5O3/c17-14-13-15(19-10-18-14)20(9-12-3-6-23-7-4-12)16(22)21(13)24-8-5-11-1-2-11/h10-12H,1-9H2,(H2,17,18,19). The predicted molar refractivity (Wildman–Crippen MR) is 88.5 cm³/mol. The van der Waals surface area contributed by atoms with E-state index in [9.17, 15) is 4.79 Å². The molecule has 24 heavy (non-hydrogen) atoms. The van der Waals surface area contributed by atoms with Gasteiger partial charge in [0.1, 0.15) is 12.9 Å². The zero-order valence-corrected chi connectivity index (χ0v) is 13.7. The van der Waals surface area contributed by atoms with Crippen molar-refractivity contribution in [2.45, 2.75) is 38.6 Å². The van der Waals surface area contributed by atoms with Gasteiger partial charge in [-0.15, -0.1) is 4.73 Å². The van der Waals surface area contributed by atoms with Crippen molar-refractivity contribution in [1.82, 2.24) is 19.3 Å². The summed E-state index contributed by atoms with van der Waals surface area (Å²) in [5.74, 6) is 1.41. The van der Waals surface area contributed by atoms with Crippen molar-refractivity contribution < 1.29 is 9.57 Å². The second kappa shape index (κ2) is 6.43. The number of aromatic nitrogens is 4. The fourth-order valence-electron chi connectivity index (χ4n) is 3.26. The first-order chi connectivity index (χ1) is 11.7. The van der Waals surface area contributed by atoms with Crippen LogP contribution in [0.3, 0.4) is 0 Å². The summed E-state index contributed by atoms with van der Waals surface area (Å²) < 4.78 is 8.35. The second-order valence-corrected chi connectivity index (χ2v) is 6.74.